The first-order valence-electron chi connectivity index (χ1n) is 5.63. The maximum absolute atomic E-state index is 5.87. The van der Waals surface area contributed by atoms with E-state index in [1.807, 2.05) is 24.3 Å². The lowest BCUT2D eigenvalue weighted by Crippen LogP contribution is -2.19. The van der Waals surface area contributed by atoms with E-state index in [0.29, 0.717) is 5.82 Å². The summed E-state index contributed by atoms with van der Waals surface area (Å²) in [6, 6.07) is 7.75. The Bertz CT molecular complexity index is 478. The van der Waals surface area contributed by atoms with Crippen molar-refractivity contribution in [3.8, 4) is 17.1 Å². The fourth-order valence-electron chi connectivity index (χ4n) is 1.91. The van der Waals surface area contributed by atoms with Crippen LogP contribution in [0.3, 0.4) is 0 Å². The summed E-state index contributed by atoms with van der Waals surface area (Å²) < 4.78 is 5.87. The Morgan fingerprint density at radius 2 is 2.35 bits per heavy atom. The largest absolute Gasteiger partial charge is 0.489 e. The second kappa shape index (κ2) is 4.50. The molecule has 0 radical (unpaired) electrons. The first kappa shape index (κ1) is 10.2. The molecule has 0 saturated carbocycles. The average Bonchev–Trinajstić information content (AvgIpc) is 3.01. The van der Waals surface area contributed by atoms with Crippen LogP contribution in [0.1, 0.15) is 6.42 Å². The number of hydrogen-bond acceptors (Lipinski definition) is 5. The first-order valence-corrected chi connectivity index (χ1v) is 5.63. The van der Waals surface area contributed by atoms with Gasteiger partial charge in [0.15, 0.2) is 0 Å². The fraction of sp³-hybridized carbons (Fsp3) is 0.364. The summed E-state index contributed by atoms with van der Waals surface area (Å²) in [6.07, 6.45) is 1.31. The van der Waals surface area contributed by atoms with Crippen molar-refractivity contribution in [3.05, 3.63) is 24.3 Å². The van der Waals surface area contributed by atoms with Gasteiger partial charge >= 0.3 is 0 Å². The number of nitrogens with one attached hydrogen (secondary N) is 2. The van der Waals surface area contributed by atoms with Gasteiger partial charge in [0.2, 0.25) is 5.82 Å². The summed E-state index contributed by atoms with van der Waals surface area (Å²) in [5.41, 5.74) is 0.905. The minimum absolute atomic E-state index is 0.260. The van der Waals surface area contributed by atoms with Crippen molar-refractivity contribution in [3.63, 3.8) is 0 Å². The minimum atomic E-state index is 0.260. The smallest absolute Gasteiger partial charge is 0.204 e. The number of ether oxygens (including phenoxy) is 1. The molecule has 1 fully saturated rings. The lowest BCUT2D eigenvalue weighted by molar-refractivity contribution is 0.223. The molecule has 6 heteroatoms. The number of aromatic nitrogens is 4. The molecular formula is C11H13N5O. The van der Waals surface area contributed by atoms with E-state index in [1.165, 1.54) is 0 Å². The van der Waals surface area contributed by atoms with Crippen LogP contribution in [0.25, 0.3) is 11.4 Å². The van der Waals surface area contributed by atoms with E-state index in [-0.39, 0.29) is 6.10 Å². The van der Waals surface area contributed by atoms with Gasteiger partial charge in [-0.25, -0.2) is 0 Å². The zero-order valence-electron chi connectivity index (χ0n) is 9.26. The van der Waals surface area contributed by atoms with Crippen molar-refractivity contribution in [2.45, 2.75) is 12.5 Å². The molecule has 1 aliphatic heterocycles. The summed E-state index contributed by atoms with van der Waals surface area (Å²) in [7, 11) is 0. The SMILES string of the molecule is c1cc(OC2CCNC2)cc(-c2nn[nH]n2)c1. The monoisotopic (exact) mass is 231 g/mol. The van der Waals surface area contributed by atoms with Gasteiger partial charge < -0.3 is 10.1 Å². The zero-order chi connectivity index (χ0) is 11.5. The Kier molecular flexibility index (Phi) is 2.71. The molecule has 1 aromatic carbocycles. The lowest BCUT2D eigenvalue weighted by Gasteiger charge is -2.12. The molecule has 0 aliphatic carbocycles. The van der Waals surface area contributed by atoms with Gasteiger partial charge in [0.05, 0.1) is 0 Å². The number of benzene rings is 1. The standard InChI is InChI=1S/C11H13N5O/c1-2-8(11-13-15-16-14-11)6-9(3-1)17-10-4-5-12-7-10/h1-3,6,10,12H,4-5,7H2,(H,13,14,15,16). The van der Waals surface area contributed by atoms with Crippen LogP contribution in [0.2, 0.25) is 0 Å². The topological polar surface area (TPSA) is 75.7 Å². The Balaban J connectivity index is 1.79. The van der Waals surface area contributed by atoms with E-state index in [4.69, 9.17) is 4.74 Å². The molecule has 1 aliphatic rings. The van der Waals surface area contributed by atoms with Crippen LogP contribution in [0, 0.1) is 0 Å². The molecular weight excluding hydrogens is 218 g/mol. The highest BCUT2D eigenvalue weighted by Crippen LogP contribution is 2.21. The number of nitrogens with zero attached hydrogens (tertiary/aromatic N) is 3. The van der Waals surface area contributed by atoms with Crippen LogP contribution in [0.4, 0.5) is 0 Å². The Morgan fingerprint density at radius 3 is 3.12 bits per heavy atom. The summed E-state index contributed by atoms with van der Waals surface area (Å²) >= 11 is 0. The Labute approximate surface area is 98.4 Å². The second-order valence-corrected chi connectivity index (χ2v) is 4.00. The Morgan fingerprint density at radius 1 is 1.35 bits per heavy atom. The maximum Gasteiger partial charge on any atom is 0.204 e. The molecule has 0 bridgehead atoms. The van der Waals surface area contributed by atoms with Gasteiger partial charge in [-0.05, 0) is 30.3 Å². The summed E-state index contributed by atoms with van der Waals surface area (Å²) in [4.78, 5) is 0. The van der Waals surface area contributed by atoms with Crippen LogP contribution in [-0.2, 0) is 0 Å². The van der Waals surface area contributed by atoms with Gasteiger partial charge in [0.1, 0.15) is 11.9 Å². The second-order valence-electron chi connectivity index (χ2n) is 4.00. The van der Waals surface area contributed by atoms with E-state index in [0.717, 1.165) is 30.8 Å². The van der Waals surface area contributed by atoms with E-state index in [1.54, 1.807) is 0 Å². The fourth-order valence-corrected chi connectivity index (χ4v) is 1.91. The molecule has 2 heterocycles. The van der Waals surface area contributed by atoms with E-state index in [9.17, 15) is 0 Å². The predicted octanol–water partition coefficient (Wildman–Crippen LogP) is 0.607. The van der Waals surface area contributed by atoms with Crippen LogP contribution in [0.5, 0.6) is 5.75 Å². The lowest BCUT2D eigenvalue weighted by atomic mass is 10.2. The van der Waals surface area contributed by atoms with E-state index in [2.05, 4.69) is 25.9 Å². The van der Waals surface area contributed by atoms with Crippen LogP contribution in [-0.4, -0.2) is 39.8 Å². The number of tetrazole rings is 1. The van der Waals surface area contributed by atoms with E-state index >= 15 is 0 Å². The summed E-state index contributed by atoms with van der Waals surface area (Å²) in [5.74, 6) is 1.43. The quantitative estimate of drug-likeness (QED) is 0.809. The van der Waals surface area contributed by atoms with Crippen molar-refractivity contribution < 1.29 is 4.74 Å². The first-order chi connectivity index (χ1) is 8.42. The van der Waals surface area contributed by atoms with Crippen LogP contribution < -0.4 is 10.1 Å². The normalized spacial score (nSPS) is 19.4. The molecule has 6 nitrogen and oxygen atoms in total. The third-order valence-electron chi connectivity index (χ3n) is 2.76. The highest BCUT2D eigenvalue weighted by atomic mass is 16.5. The van der Waals surface area contributed by atoms with Crippen LogP contribution in [0.15, 0.2) is 24.3 Å². The number of aromatic amines is 1. The third kappa shape index (κ3) is 2.26. The van der Waals surface area contributed by atoms with Gasteiger partial charge in [-0.2, -0.15) is 5.21 Å². The number of hydrogen-bond donors (Lipinski definition) is 2. The van der Waals surface area contributed by atoms with E-state index < -0.39 is 0 Å². The van der Waals surface area contributed by atoms with Gasteiger partial charge in [-0.3, -0.25) is 0 Å². The highest BCUT2D eigenvalue weighted by molar-refractivity contribution is 5.56. The molecule has 3 rings (SSSR count). The van der Waals surface area contributed by atoms with Crippen molar-refractivity contribution in [2.75, 3.05) is 13.1 Å². The van der Waals surface area contributed by atoms with Gasteiger partial charge in [-0.1, -0.05) is 12.1 Å². The highest BCUT2D eigenvalue weighted by Gasteiger charge is 2.16. The average molecular weight is 231 g/mol. The zero-order valence-corrected chi connectivity index (χ0v) is 9.26. The predicted molar refractivity (Wildman–Crippen MR) is 61.5 cm³/mol. The number of H-pyrrole nitrogens is 1. The Hall–Kier alpha value is -1.95. The third-order valence-corrected chi connectivity index (χ3v) is 2.76. The van der Waals surface area contributed by atoms with Gasteiger partial charge in [0.25, 0.3) is 0 Å². The molecule has 2 aromatic rings. The van der Waals surface area contributed by atoms with Crippen molar-refractivity contribution in [1.29, 1.82) is 0 Å². The maximum atomic E-state index is 5.87. The van der Waals surface area contributed by atoms with Crippen molar-refractivity contribution in [2.24, 2.45) is 0 Å². The minimum Gasteiger partial charge on any atom is -0.489 e. The van der Waals surface area contributed by atoms with Crippen LogP contribution >= 0.6 is 0 Å². The van der Waals surface area contributed by atoms with Crippen molar-refractivity contribution >= 4 is 0 Å². The molecule has 1 aromatic heterocycles. The number of rotatable bonds is 3. The molecule has 0 spiro atoms. The van der Waals surface area contributed by atoms with Crippen molar-refractivity contribution in [1.82, 2.24) is 25.9 Å². The molecule has 1 saturated heterocycles. The van der Waals surface area contributed by atoms with Gasteiger partial charge in [-0.15, -0.1) is 10.2 Å². The molecule has 1 unspecified atom stereocenters. The summed E-state index contributed by atoms with van der Waals surface area (Å²) in [6.45, 7) is 1.93. The molecule has 17 heavy (non-hydrogen) atoms. The molecule has 1 atom stereocenters. The molecule has 88 valence electrons. The molecule has 2 N–H and O–H groups in total. The summed E-state index contributed by atoms with van der Waals surface area (Å²) in [5, 5.41) is 17.1. The molecule has 0 amide bonds. The van der Waals surface area contributed by atoms with Gasteiger partial charge in [0, 0.05) is 12.1 Å².